The highest BCUT2D eigenvalue weighted by molar-refractivity contribution is 5.72. The van der Waals surface area contributed by atoms with E-state index in [0.717, 1.165) is 61.6 Å². The van der Waals surface area contributed by atoms with Crippen molar-refractivity contribution in [2.75, 3.05) is 36.6 Å². The lowest BCUT2D eigenvalue weighted by atomic mass is 9.91. The van der Waals surface area contributed by atoms with E-state index in [-0.39, 0.29) is 12.3 Å². The first-order valence-electron chi connectivity index (χ1n) is 11.5. The number of carboxylic acid groups (broad SMARTS) is 1. The Hall–Kier alpha value is -2.87. The normalized spacial score (nSPS) is 15.2. The zero-order valence-electron chi connectivity index (χ0n) is 19.2. The minimum absolute atomic E-state index is 0.0851. The molecule has 0 amide bonds. The zero-order valence-corrected chi connectivity index (χ0v) is 19.2. The van der Waals surface area contributed by atoms with Crippen LogP contribution in [0, 0.1) is 0 Å². The molecule has 1 aliphatic heterocycles. The lowest BCUT2D eigenvalue weighted by Crippen LogP contribution is -2.39. The molecule has 0 radical (unpaired) electrons. The van der Waals surface area contributed by atoms with Gasteiger partial charge in [-0.3, -0.25) is 4.79 Å². The average molecular weight is 443 g/mol. The molecule has 174 valence electrons. The minimum Gasteiger partial charge on any atom is -0.481 e. The molecule has 1 aromatic carbocycles. The van der Waals surface area contributed by atoms with Crippen molar-refractivity contribution in [1.29, 1.82) is 0 Å². The van der Waals surface area contributed by atoms with E-state index in [1.807, 2.05) is 13.8 Å². The van der Waals surface area contributed by atoms with Crippen LogP contribution < -0.4 is 15.0 Å². The fraction of sp³-hybridized carbons (Fsp3) is 0.542. The number of anilines is 3. The molecule has 2 N–H and O–H groups in total. The molecule has 1 aromatic heterocycles. The van der Waals surface area contributed by atoms with Gasteiger partial charge in [0.2, 0.25) is 0 Å². The monoisotopic (exact) mass is 442 g/mol. The molecule has 2 heterocycles. The summed E-state index contributed by atoms with van der Waals surface area (Å²) in [6.07, 6.45) is 6.19. The Morgan fingerprint density at radius 3 is 2.56 bits per heavy atom. The van der Waals surface area contributed by atoms with E-state index in [2.05, 4.69) is 45.3 Å². The maximum absolute atomic E-state index is 11.5. The molecule has 0 spiro atoms. The van der Waals surface area contributed by atoms with Gasteiger partial charge < -0.3 is 24.8 Å². The minimum atomic E-state index is -0.798. The second-order valence-corrected chi connectivity index (χ2v) is 7.92. The van der Waals surface area contributed by atoms with E-state index < -0.39 is 5.97 Å². The van der Waals surface area contributed by atoms with Gasteiger partial charge in [0.05, 0.1) is 31.1 Å². The number of benzene rings is 1. The van der Waals surface area contributed by atoms with Gasteiger partial charge in [-0.15, -0.1) is 0 Å². The summed E-state index contributed by atoms with van der Waals surface area (Å²) in [5.74, 6) is -0.889. The predicted octanol–water partition coefficient (Wildman–Crippen LogP) is 4.59. The van der Waals surface area contributed by atoms with Crippen molar-refractivity contribution in [1.82, 2.24) is 9.97 Å². The number of hydrogen-bond acceptors (Lipinski definition) is 7. The SMILES string of the molecule is CCOc1ncc(Nc2cc(N(CC)C3CCOCC3)ccc2[C@H](CC)CC(=O)O)cn1. The number of ether oxygens (including phenoxy) is 2. The summed E-state index contributed by atoms with van der Waals surface area (Å²) >= 11 is 0. The van der Waals surface area contributed by atoms with E-state index in [1.165, 1.54) is 0 Å². The van der Waals surface area contributed by atoms with Crippen molar-refractivity contribution < 1.29 is 19.4 Å². The van der Waals surface area contributed by atoms with Crippen molar-refractivity contribution >= 4 is 23.0 Å². The van der Waals surface area contributed by atoms with Crippen LogP contribution in [0.5, 0.6) is 6.01 Å². The van der Waals surface area contributed by atoms with Crippen LogP contribution in [0.2, 0.25) is 0 Å². The molecular formula is C24H34N4O4. The van der Waals surface area contributed by atoms with Crippen LogP contribution in [0.3, 0.4) is 0 Å². The lowest BCUT2D eigenvalue weighted by molar-refractivity contribution is -0.137. The molecule has 1 atom stereocenters. The van der Waals surface area contributed by atoms with Crippen LogP contribution in [0.15, 0.2) is 30.6 Å². The first-order chi connectivity index (χ1) is 15.5. The molecule has 32 heavy (non-hydrogen) atoms. The Morgan fingerprint density at radius 2 is 1.97 bits per heavy atom. The maximum Gasteiger partial charge on any atom is 0.316 e. The van der Waals surface area contributed by atoms with Crippen LogP contribution in [0.4, 0.5) is 17.1 Å². The van der Waals surface area contributed by atoms with E-state index in [0.29, 0.717) is 18.7 Å². The Kier molecular flexibility index (Phi) is 8.67. The molecule has 3 rings (SSSR count). The van der Waals surface area contributed by atoms with Gasteiger partial charge in [0.15, 0.2) is 0 Å². The van der Waals surface area contributed by atoms with Gasteiger partial charge in [0.1, 0.15) is 0 Å². The van der Waals surface area contributed by atoms with Crippen molar-refractivity contribution in [3.8, 4) is 6.01 Å². The molecular weight excluding hydrogens is 408 g/mol. The summed E-state index contributed by atoms with van der Waals surface area (Å²) in [6, 6.07) is 7.06. The van der Waals surface area contributed by atoms with Crippen molar-refractivity contribution in [3.63, 3.8) is 0 Å². The Labute approximate surface area is 190 Å². The van der Waals surface area contributed by atoms with Crippen molar-refractivity contribution in [2.24, 2.45) is 0 Å². The Bertz CT molecular complexity index is 869. The molecule has 1 saturated heterocycles. The van der Waals surface area contributed by atoms with E-state index >= 15 is 0 Å². The van der Waals surface area contributed by atoms with Gasteiger partial charge >= 0.3 is 12.0 Å². The molecule has 1 aliphatic rings. The summed E-state index contributed by atoms with van der Waals surface area (Å²) in [5.41, 5.74) is 3.71. The van der Waals surface area contributed by atoms with Gasteiger partial charge in [0.25, 0.3) is 0 Å². The third kappa shape index (κ3) is 6.09. The fourth-order valence-electron chi connectivity index (χ4n) is 4.26. The second-order valence-electron chi connectivity index (χ2n) is 7.92. The average Bonchev–Trinajstić information content (AvgIpc) is 2.80. The lowest BCUT2D eigenvalue weighted by Gasteiger charge is -2.36. The number of carbonyl (C=O) groups is 1. The first-order valence-corrected chi connectivity index (χ1v) is 11.5. The van der Waals surface area contributed by atoms with Gasteiger partial charge in [0, 0.05) is 37.2 Å². The maximum atomic E-state index is 11.5. The topological polar surface area (TPSA) is 96.8 Å². The van der Waals surface area contributed by atoms with Crippen LogP contribution in [0.1, 0.15) is 57.9 Å². The van der Waals surface area contributed by atoms with Crippen LogP contribution >= 0.6 is 0 Å². The summed E-state index contributed by atoms with van der Waals surface area (Å²) in [4.78, 5) is 22.4. The molecule has 2 aromatic rings. The van der Waals surface area contributed by atoms with Crippen LogP contribution in [-0.4, -0.2) is 53.5 Å². The number of aliphatic carboxylic acids is 1. The highest BCUT2D eigenvalue weighted by atomic mass is 16.5. The van der Waals surface area contributed by atoms with E-state index in [9.17, 15) is 9.90 Å². The number of nitrogens with zero attached hydrogens (tertiary/aromatic N) is 3. The number of rotatable bonds is 11. The number of aromatic nitrogens is 2. The highest BCUT2D eigenvalue weighted by Gasteiger charge is 2.23. The van der Waals surface area contributed by atoms with Crippen LogP contribution in [-0.2, 0) is 9.53 Å². The number of hydrogen-bond donors (Lipinski definition) is 2. The quantitative estimate of drug-likeness (QED) is 0.521. The van der Waals surface area contributed by atoms with E-state index in [4.69, 9.17) is 9.47 Å². The molecule has 0 saturated carbocycles. The summed E-state index contributed by atoms with van der Waals surface area (Å²) in [7, 11) is 0. The number of carboxylic acids is 1. The van der Waals surface area contributed by atoms with Gasteiger partial charge in [-0.1, -0.05) is 13.0 Å². The first kappa shape index (κ1) is 23.8. The molecule has 8 nitrogen and oxygen atoms in total. The van der Waals surface area contributed by atoms with E-state index in [1.54, 1.807) is 12.4 Å². The molecule has 0 aliphatic carbocycles. The number of nitrogens with one attached hydrogen (secondary N) is 1. The largest absolute Gasteiger partial charge is 0.481 e. The third-order valence-corrected chi connectivity index (χ3v) is 5.88. The Balaban J connectivity index is 1.94. The standard InChI is InChI=1S/C24H34N4O4/c1-4-17(13-23(29)30)21-8-7-20(28(5-2)19-9-11-31-12-10-19)14-22(21)27-18-15-25-24(26-16-18)32-6-3/h7-8,14-17,19,27H,4-6,9-13H2,1-3H3,(H,29,30)/t17-/m1/s1. The smallest absolute Gasteiger partial charge is 0.316 e. The van der Waals surface area contributed by atoms with Crippen molar-refractivity contribution in [3.05, 3.63) is 36.2 Å². The summed E-state index contributed by atoms with van der Waals surface area (Å²) in [6.45, 7) is 9.03. The second kappa shape index (κ2) is 11.7. The summed E-state index contributed by atoms with van der Waals surface area (Å²) < 4.78 is 10.9. The zero-order chi connectivity index (χ0) is 22.9. The molecule has 8 heteroatoms. The van der Waals surface area contributed by atoms with Gasteiger partial charge in [-0.05, 0) is 56.7 Å². The van der Waals surface area contributed by atoms with Crippen LogP contribution in [0.25, 0.3) is 0 Å². The Morgan fingerprint density at radius 1 is 1.25 bits per heavy atom. The third-order valence-electron chi connectivity index (χ3n) is 5.88. The summed E-state index contributed by atoms with van der Waals surface area (Å²) in [5, 5.41) is 12.8. The molecule has 0 bridgehead atoms. The van der Waals surface area contributed by atoms with Gasteiger partial charge in [-0.2, -0.15) is 0 Å². The highest BCUT2D eigenvalue weighted by Crippen LogP contribution is 2.36. The van der Waals surface area contributed by atoms with Gasteiger partial charge in [-0.25, -0.2) is 9.97 Å². The predicted molar refractivity (Wildman–Crippen MR) is 125 cm³/mol. The van der Waals surface area contributed by atoms with Crippen molar-refractivity contribution in [2.45, 2.75) is 58.4 Å². The molecule has 1 fully saturated rings. The fourth-order valence-corrected chi connectivity index (χ4v) is 4.26. The molecule has 0 unspecified atom stereocenters.